The first-order chi connectivity index (χ1) is 8.63. The Labute approximate surface area is 119 Å². The van der Waals surface area contributed by atoms with Gasteiger partial charge in [-0.3, -0.25) is 0 Å². The van der Waals surface area contributed by atoms with Gasteiger partial charge in [-0.2, -0.15) is 0 Å². The van der Waals surface area contributed by atoms with Crippen molar-refractivity contribution in [2.75, 3.05) is 32.1 Å². The molecular formula is C15H24BrNO. The SMILES string of the molecule is CC(C)OCCN(C)CC(CBr)c1ccccc1. The van der Waals surface area contributed by atoms with Crippen molar-refractivity contribution in [2.45, 2.75) is 25.9 Å². The van der Waals surface area contributed by atoms with E-state index in [-0.39, 0.29) is 0 Å². The first-order valence-electron chi connectivity index (χ1n) is 6.54. The van der Waals surface area contributed by atoms with Crippen molar-refractivity contribution in [1.82, 2.24) is 4.90 Å². The average Bonchev–Trinajstić information content (AvgIpc) is 2.36. The second-order valence-corrected chi connectivity index (χ2v) is 5.59. The fraction of sp³-hybridized carbons (Fsp3) is 0.600. The zero-order valence-corrected chi connectivity index (χ0v) is 13.2. The number of likely N-dealkylation sites (N-methyl/N-ethyl adjacent to an activating group) is 1. The fourth-order valence-electron chi connectivity index (χ4n) is 1.88. The Morgan fingerprint density at radius 3 is 2.44 bits per heavy atom. The van der Waals surface area contributed by atoms with Crippen LogP contribution in [0.25, 0.3) is 0 Å². The maximum Gasteiger partial charge on any atom is 0.0596 e. The van der Waals surface area contributed by atoms with Gasteiger partial charge in [0.05, 0.1) is 12.7 Å². The molecule has 0 amide bonds. The van der Waals surface area contributed by atoms with Crippen LogP contribution in [0.15, 0.2) is 30.3 Å². The van der Waals surface area contributed by atoms with Crippen LogP contribution in [0.1, 0.15) is 25.3 Å². The number of halogens is 1. The summed E-state index contributed by atoms with van der Waals surface area (Å²) in [5.41, 5.74) is 1.39. The zero-order valence-electron chi connectivity index (χ0n) is 11.6. The van der Waals surface area contributed by atoms with Crippen molar-refractivity contribution < 1.29 is 4.74 Å². The van der Waals surface area contributed by atoms with Crippen molar-refractivity contribution in [3.8, 4) is 0 Å². The molecule has 18 heavy (non-hydrogen) atoms. The topological polar surface area (TPSA) is 12.5 Å². The molecule has 0 aliphatic heterocycles. The minimum atomic E-state index is 0.319. The van der Waals surface area contributed by atoms with Crippen LogP contribution in [0.5, 0.6) is 0 Å². The van der Waals surface area contributed by atoms with E-state index in [1.807, 2.05) is 0 Å². The van der Waals surface area contributed by atoms with E-state index in [2.05, 4.69) is 72.1 Å². The van der Waals surface area contributed by atoms with Gasteiger partial charge in [0.15, 0.2) is 0 Å². The predicted molar refractivity (Wildman–Crippen MR) is 81.6 cm³/mol. The van der Waals surface area contributed by atoms with Crippen LogP contribution in [0.4, 0.5) is 0 Å². The van der Waals surface area contributed by atoms with Crippen LogP contribution in [-0.2, 0) is 4.74 Å². The van der Waals surface area contributed by atoms with Crippen LogP contribution >= 0.6 is 15.9 Å². The Balaban J connectivity index is 2.39. The number of benzene rings is 1. The molecular weight excluding hydrogens is 290 g/mol. The summed E-state index contributed by atoms with van der Waals surface area (Å²) >= 11 is 3.61. The van der Waals surface area contributed by atoms with Crippen molar-refractivity contribution >= 4 is 15.9 Å². The summed E-state index contributed by atoms with van der Waals surface area (Å²) in [6.07, 6.45) is 0.319. The molecule has 0 fully saturated rings. The summed E-state index contributed by atoms with van der Waals surface area (Å²) in [6.45, 7) is 6.99. The van der Waals surface area contributed by atoms with Crippen LogP contribution in [0.2, 0.25) is 0 Å². The molecule has 0 radical (unpaired) electrons. The summed E-state index contributed by atoms with van der Waals surface area (Å²) in [4.78, 5) is 2.33. The number of ether oxygens (including phenoxy) is 1. The van der Waals surface area contributed by atoms with E-state index in [1.54, 1.807) is 0 Å². The van der Waals surface area contributed by atoms with Crippen molar-refractivity contribution in [2.24, 2.45) is 0 Å². The van der Waals surface area contributed by atoms with E-state index < -0.39 is 0 Å². The number of hydrogen-bond acceptors (Lipinski definition) is 2. The highest BCUT2D eigenvalue weighted by molar-refractivity contribution is 9.09. The minimum absolute atomic E-state index is 0.319. The molecule has 1 unspecified atom stereocenters. The van der Waals surface area contributed by atoms with E-state index in [1.165, 1.54) is 5.56 Å². The molecule has 102 valence electrons. The van der Waals surface area contributed by atoms with Gasteiger partial charge in [-0.1, -0.05) is 46.3 Å². The number of hydrogen-bond donors (Lipinski definition) is 0. The van der Waals surface area contributed by atoms with Gasteiger partial charge < -0.3 is 9.64 Å². The number of alkyl halides is 1. The Morgan fingerprint density at radius 1 is 1.22 bits per heavy atom. The third-order valence-corrected chi connectivity index (χ3v) is 3.70. The normalized spacial score (nSPS) is 13.2. The lowest BCUT2D eigenvalue weighted by molar-refractivity contribution is 0.0632. The molecule has 0 saturated carbocycles. The van der Waals surface area contributed by atoms with E-state index >= 15 is 0 Å². The Hall–Kier alpha value is -0.380. The van der Waals surface area contributed by atoms with Crippen molar-refractivity contribution in [3.63, 3.8) is 0 Å². The second kappa shape index (κ2) is 8.68. The molecule has 2 nitrogen and oxygen atoms in total. The molecule has 1 aromatic carbocycles. The number of rotatable bonds is 8. The van der Waals surface area contributed by atoms with E-state index in [0.717, 1.165) is 25.0 Å². The van der Waals surface area contributed by atoms with Gasteiger partial charge >= 0.3 is 0 Å². The zero-order chi connectivity index (χ0) is 13.4. The van der Waals surface area contributed by atoms with Crippen LogP contribution in [0, 0.1) is 0 Å². The lowest BCUT2D eigenvalue weighted by atomic mass is 10.0. The molecule has 0 heterocycles. The molecule has 0 bridgehead atoms. The highest BCUT2D eigenvalue weighted by Gasteiger charge is 2.12. The fourth-order valence-corrected chi connectivity index (χ4v) is 2.46. The summed E-state index contributed by atoms with van der Waals surface area (Å²) in [6, 6.07) is 10.7. The minimum Gasteiger partial charge on any atom is -0.377 e. The average molecular weight is 314 g/mol. The molecule has 0 spiro atoms. The van der Waals surface area contributed by atoms with Gasteiger partial charge in [0.1, 0.15) is 0 Å². The molecule has 0 saturated heterocycles. The third kappa shape index (κ3) is 5.98. The maximum atomic E-state index is 5.58. The summed E-state index contributed by atoms with van der Waals surface area (Å²) in [5, 5.41) is 0.992. The molecule has 1 atom stereocenters. The quantitative estimate of drug-likeness (QED) is 0.681. The highest BCUT2D eigenvalue weighted by atomic mass is 79.9. The van der Waals surface area contributed by atoms with E-state index in [0.29, 0.717) is 12.0 Å². The monoisotopic (exact) mass is 313 g/mol. The molecule has 0 aliphatic carbocycles. The summed E-state index contributed by atoms with van der Waals surface area (Å²) in [7, 11) is 2.16. The summed E-state index contributed by atoms with van der Waals surface area (Å²) in [5.74, 6) is 0.537. The Bertz CT molecular complexity index is 316. The first-order valence-corrected chi connectivity index (χ1v) is 7.66. The lowest BCUT2D eigenvalue weighted by Crippen LogP contribution is -2.29. The number of nitrogens with zero attached hydrogens (tertiary/aromatic N) is 1. The van der Waals surface area contributed by atoms with Gasteiger partial charge in [0, 0.05) is 24.3 Å². The third-order valence-electron chi connectivity index (χ3n) is 2.91. The second-order valence-electron chi connectivity index (χ2n) is 4.94. The predicted octanol–water partition coefficient (Wildman–Crippen LogP) is 3.52. The highest BCUT2D eigenvalue weighted by Crippen LogP contribution is 2.18. The molecule has 0 aromatic heterocycles. The molecule has 3 heteroatoms. The molecule has 0 N–H and O–H groups in total. The lowest BCUT2D eigenvalue weighted by Gasteiger charge is -2.23. The van der Waals surface area contributed by atoms with Gasteiger partial charge in [0.25, 0.3) is 0 Å². The van der Waals surface area contributed by atoms with Crippen molar-refractivity contribution in [3.05, 3.63) is 35.9 Å². The molecule has 1 aromatic rings. The Kier molecular flexibility index (Phi) is 7.56. The van der Waals surface area contributed by atoms with Gasteiger partial charge in [-0.25, -0.2) is 0 Å². The van der Waals surface area contributed by atoms with Gasteiger partial charge in [0.2, 0.25) is 0 Å². The maximum absolute atomic E-state index is 5.58. The van der Waals surface area contributed by atoms with Crippen LogP contribution < -0.4 is 0 Å². The first kappa shape index (κ1) is 15.7. The van der Waals surface area contributed by atoms with Crippen molar-refractivity contribution in [1.29, 1.82) is 0 Å². The summed E-state index contributed by atoms with van der Waals surface area (Å²) < 4.78 is 5.58. The Morgan fingerprint density at radius 2 is 1.89 bits per heavy atom. The molecule has 0 aliphatic rings. The van der Waals surface area contributed by atoms with Crippen LogP contribution in [0.3, 0.4) is 0 Å². The largest absolute Gasteiger partial charge is 0.377 e. The van der Waals surface area contributed by atoms with Crippen LogP contribution in [-0.4, -0.2) is 43.1 Å². The van der Waals surface area contributed by atoms with Gasteiger partial charge in [-0.05, 0) is 26.5 Å². The standard InChI is InChI=1S/C15H24BrNO/c1-13(2)18-10-9-17(3)12-15(11-16)14-7-5-4-6-8-14/h4-8,13,15H,9-12H2,1-3H3. The van der Waals surface area contributed by atoms with E-state index in [9.17, 15) is 0 Å². The smallest absolute Gasteiger partial charge is 0.0596 e. The van der Waals surface area contributed by atoms with E-state index in [4.69, 9.17) is 4.74 Å². The molecule has 1 rings (SSSR count). The van der Waals surface area contributed by atoms with Gasteiger partial charge in [-0.15, -0.1) is 0 Å².